The fourth-order valence-corrected chi connectivity index (χ4v) is 6.66. The summed E-state index contributed by atoms with van der Waals surface area (Å²) in [4.78, 5) is 12.3. The number of methoxy groups -OCH3 is 2. The van der Waals surface area contributed by atoms with Crippen LogP contribution in [0.3, 0.4) is 0 Å². The van der Waals surface area contributed by atoms with Crippen molar-refractivity contribution in [2.75, 3.05) is 14.2 Å². The third-order valence-corrected chi connectivity index (χ3v) is 11.1. The topological polar surface area (TPSA) is 149 Å². The molecule has 0 saturated carbocycles. The van der Waals surface area contributed by atoms with Crippen molar-refractivity contribution in [2.24, 2.45) is 0 Å². The molecule has 1 aliphatic heterocycles. The van der Waals surface area contributed by atoms with Crippen molar-refractivity contribution in [3.8, 4) is 56.6 Å². The van der Waals surface area contributed by atoms with E-state index in [0.29, 0.717) is 0 Å². The maximum atomic E-state index is 9.45. The summed E-state index contributed by atoms with van der Waals surface area (Å²) in [5.74, 6) is 1.87. The average molecular weight is 947 g/mol. The Kier molecular flexibility index (Phi) is 15.2. The molecule has 1 N–H and O–H groups in total. The summed E-state index contributed by atoms with van der Waals surface area (Å²) in [6.45, 7) is 8.18. The van der Waals surface area contributed by atoms with E-state index in [1.54, 1.807) is 85.2 Å². The second kappa shape index (κ2) is 21.5. The Labute approximate surface area is 392 Å². The van der Waals surface area contributed by atoms with E-state index in [1.165, 1.54) is 0 Å². The van der Waals surface area contributed by atoms with Crippen LogP contribution >= 0.6 is 15.9 Å². The summed E-state index contributed by atoms with van der Waals surface area (Å²) in [6, 6.07) is 34.2. The van der Waals surface area contributed by atoms with Gasteiger partial charge < -0.3 is 23.9 Å². The van der Waals surface area contributed by atoms with Crippen LogP contribution in [0.25, 0.3) is 39.3 Å². The lowest BCUT2D eigenvalue weighted by atomic mass is 9.80. The van der Waals surface area contributed by atoms with E-state index in [1.807, 2.05) is 154 Å². The Balaban J connectivity index is 0.000000132. The molecule has 1 saturated heterocycles. The van der Waals surface area contributed by atoms with E-state index in [-0.39, 0.29) is 24.1 Å². The van der Waals surface area contributed by atoms with E-state index in [4.69, 9.17) is 18.8 Å². The monoisotopic (exact) mass is 945 g/mol. The number of hydrogen-bond donors (Lipinski definition) is 1. The SMILES string of the molecule is CC1(C)OB(c2cccnc2)OC1(C)C.COc1cccc(-n2cc(-c3cccnc3)cn2)c1.COc1cccc(-n2cc(Br)cn2)c1.Oc1cccc(-n2cc(-c3cccnc3)cn2)c1. The Morgan fingerprint density at radius 3 is 1.39 bits per heavy atom. The third-order valence-electron chi connectivity index (χ3n) is 10.6. The van der Waals surface area contributed by atoms with Gasteiger partial charge >= 0.3 is 7.12 Å². The molecule has 3 aromatic carbocycles. The van der Waals surface area contributed by atoms with Crippen molar-refractivity contribution in [3.63, 3.8) is 0 Å². The lowest BCUT2D eigenvalue weighted by Gasteiger charge is -2.32. The average Bonchev–Trinajstić information content (AvgIpc) is 4.18. The van der Waals surface area contributed by atoms with Gasteiger partial charge in [-0.3, -0.25) is 15.0 Å². The van der Waals surface area contributed by atoms with Gasteiger partial charge in [0.1, 0.15) is 17.2 Å². The van der Waals surface area contributed by atoms with E-state index in [9.17, 15) is 5.11 Å². The number of pyridine rings is 3. The Morgan fingerprint density at radius 2 is 0.970 bits per heavy atom. The van der Waals surface area contributed by atoms with Crippen molar-refractivity contribution in [1.29, 1.82) is 0 Å². The number of phenols is 1. The smallest absolute Gasteiger partial charge is 0.496 e. The summed E-state index contributed by atoms with van der Waals surface area (Å²) < 4.78 is 28.4. The van der Waals surface area contributed by atoms with Gasteiger partial charge in [0.05, 0.1) is 65.5 Å². The molecule has 7 heterocycles. The fourth-order valence-electron chi connectivity index (χ4n) is 6.37. The molecule has 0 bridgehead atoms. The van der Waals surface area contributed by atoms with Crippen LogP contribution in [0.4, 0.5) is 0 Å². The summed E-state index contributed by atoms with van der Waals surface area (Å²) >= 11 is 3.35. The van der Waals surface area contributed by atoms with Crippen LogP contribution in [0, 0.1) is 0 Å². The molecular formula is C50H49BBrN9O5. The molecule has 66 heavy (non-hydrogen) atoms. The molecule has 14 nitrogen and oxygen atoms in total. The quantitative estimate of drug-likeness (QED) is 0.145. The molecule has 334 valence electrons. The zero-order valence-corrected chi connectivity index (χ0v) is 39.0. The highest BCUT2D eigenvalue weighted by Gasteiger charge is 2.51. The Morgan fingerprint density at radius 1 is 0.515 bits per heavy atom. The van der Waals surface area contributed by atoms with E-state index >= 15 is 0 Å². The maximum Gasteiger partial charge on any atom is 0.496 e. The molecule has 10 rings (SSSR count). The van der Waals surface area contributed by atoms with Gasteiger partial charge in [-0.2, -0.15) is 15.3 Å². The minimum Gasteiger partial charge on any atom is -0.508 e. The number of halogens is 1. The molecule has 9 aromatic rings. The van der Waals surface area contributed by atoms with Gasteiger partial charge in [-0.15, -0.1) is 0 Å². The highest BCUT2D eigenvalue weighted by atomic mass is 79.9. The Hall–Kier alpha value is -7.40. The highest BCUT2D eigenvalue weighted by molar-refractivity contribution is 9.10. The number of rotatable bonds is 8. The van der Waals surface area contributed by atoms with Crippen LogP contribution in [0.1, 0.15) is 27.7 Å². The Bertz CT molecular complexity index is 2900. The van der Waals surface area contributed by atoms with Crippen LogP contribution < -0.4 is 14.9 Å². The lowest BCUT2D eigenvalue weighted by Crippen LogP contribution is -2.41. The second-order valence-electron chi connectivity index (χ2n) is 15.7. The summed E-state index contributed by atoms with van der Waals surface area (Å²) in [6.07, 6.45) is 21.8. The minimum atomic E-state index is -0.302. The lowest BCUT2D eigenvalue weighted by molar-refractivity contribution is 0.00578. The molecule has 6 aromatic heterocycles. The van der Waals surface area contributed by atoms with Crippen LogP contribution in [-0.2, 0) is 9.31 Å². The first-order chi connectivity index (χ1) is 31.9. The number of phenolic OH excluding ortho intramolecular Hbond substituents is 1. The van der Waals surface area contributed by atoms with Gasteiger partial charge in [0.2, 0.25) is 0 Å². The molecule has 16 heteroatoms. The van der Waals surface area contributed by atoms with Crippen molar-refractivity contribution >= 4 is 28.5 Å². The fraction of sp³-hybridized carbons (Fsp3) is 0.160. The van der Waals surface area contributed by atoms with Crippen molar-refractivity contribution < 1.29 is 23.9 Å². The summed E-state index contributed by atoms with van der Waals surface area (Å²) in [7, 11) is 3.00. The first-order valence-electron chi connectivity index (χ1n) is 20.9. The number of aromatic nitrogens is 9. The van der Waals surface area contributed by atoms with Gasteiger partial charge in [-0.05, 0) is 98.2 Å². The van der Waals surface area contributed by atoms with E-state index < -0.39 is 0 Å². The van der Waals surface area contributed by atoms with Gasteiger partial charge in [-0.25, -0.2) is 14.0 Å². The molecule has 0 aliphatic carbocycles. The standard InChI is InChI=1S/C15H13N3O.C14H11N3O.C11H16BNO2.C10H9BrN2O/c1-19-15-6-2-5-14(8-15)18-11-13(10-17-18)12-4-3-7-16-9-12;18-14-5-1-4-13(7-14)17-10-12(9-16-17)11-3-2-6-15-8-11;1-10(2)11(3,4)15-12(14-10)9-6-5-7-13-8-9;1-14-10-4-2-3-9(5-10)13-7-8(11)6-12-13/h2-11H,1H3;1-10,18H;5-8H,1-4H3;2-7H,1H3. The number of aromatic hydroxyl groups is 1. The summed E-state index contributed by atoms with van der Waals surface area (Å²) in [5, 5.41) is 22.3. The van der Waals surface area contributed by atoms with Crippen molar-refractivity contribution in [2.45, 2.75) is 38.9 Å². The second-order valence-corrected chi connectivity index (χ2v) is 16.6. The molecule has 0 spiro atoms. The molecule has 1 aliphatic rings. The normalized spacial score (nSPS) is 13.2. The van der Waals surface area contributed by atoms with Crippen molar-refractivity contribution in [1.82, 2.24) is 44.3 Å². The van der Waals surface area contributed by atoms with E-state index in [2.05, 4.69) is 46.2 Å². The molecule has 0 atom stereocenters. The number of hydrogen-bond acceptors (Lipinski definition) is 11. The molecule has 1 fully saturated rings. The number of nitrogens with zero attached hydrogens (tertiary/aromatic N) is 9. The van der Waals surface area contributed by atoms with Gasteiger partial charge in [0.15, 0.2) is 0 Å². The van der Waals surface area contributed by atoms with Crippen LogP contribution in [0.2, 0.25) is 0 Å². The van der Waals surface area contributed by atoms with Gasteiger partial charge in [-0.1, -0.05) is 36.4 Å². The molecule has 0 radical (unpaired) electrons. The number of benzene rings is 3. The summed E-state index contributed by atoms with van der Waals surface area (Å²) in [5.41, 5.74) is 7.27. The van der Waals surface area contributed by atoms with Crippen LogP contribution in [0.15, 0.2) is 188 Å². The predicted octanol–water partition coefficient (Wildman–Crippen LogP) is 9.61. The van der Waals surface area contributed by atoms with Gasteiger partial charge in [0, 0.05) is 102 Å². The van der Waals surface area contributed by atoms with Crippen molar-refractivity contribution in [3.05, 3.63) is 188 Å². The largest absolute Gasteiger partial charge is 0.508 e. The first-order valence-corrected chi connectivity index (χ1v) is 21.6. The molecule has 0 unspecified atom stereocenters. The molecule has 0 amide bonds. The zero-order valence-electron chi connectivity index (χ0n) is 37.4. The predicted molar refractivity (Wildman–Crippen MR) is 260 cm³/mol. The molecular weight excluding hydrogens is 897 g/mol. The maximum absolute atomic E-state index is 9.45. The highest BCUT2D eigenvalue weighted by Crippen LogP contribution is 2.36. The van der Waals surface area contributed by atoms with E-state index in [0.717, 1.165) is 60.8 Å². The first kappa shape index (κ1) is 46.6. The van der Waals surface area contributed by atoms with Crippen LogP contribution in [-0.4, -0.2) is 81.9 Å². The van der Waals surface area contributed by atoms with Gasteiger partial charge in [0.25, 0.3) is 0 Å². The zero-order chi connectivity index (χ0) is 46.5. The minimum absolute atomic E-state index is 0.228. The van der Waals surface area contributed by atoms with Crippen LogP contribution in [0.5, 0.6) is 17.2 Å². The third kappa shape index (κ3) is 12.0. The number of ether oxygens (including phenoxy) is 2.